The van der Waals surface area contributed by atoms with Crippen molar-refractivity contribution in [1.29, 1.82) is 0 Å². The van der Waals surface area contributed by atoms with Crippen molar-refractivity contribution in [2.75, 3.05) is 5.32 Å². The molecule has 0 saturated heterocycles. The van der Waals surface area contributed by atoms with Gasteiger partial charge in [0, 0.05) is 11.9 Å². The minimum atomic E-state index is -4.47. The van der Waals surface area contributed by atoms with Crippen LogP contribution in [-0.4, -0.2) is 25.5 Å². The molecule has 0 radical (unpaired) electrons. The Morgan fingerprint density at radius 1 is 1.24 bits per heavy atom. The number of alkyl halides is 3. The van der Waals surface area contributed by atoms with E-state index in [2.05, 4.69) is 20.5 Å². The fraction of sp³-hybridized carbons (Fsp3) is 0.250. The molecule has 3 heterocycles. The highest BCUT2D eigenvalue weighted by Crippen LogP contribution is 2.29. The molecule has 9 heteroatoms. The second-order valence-electron chi connectivity index (χ2n) is 5.79. The van der Waals surface area contributed by atoms with Gasteiger partial charge < -0.3 is 5.32 Å². The van der Waals surface area contributed by atoms with Crippen LogP contribution in [0.25, 0.3) is 5.65 Å². The van der Waals surface area contributed by atoms with E-state index in [1.54, 1.807) is 16.8 Å². The summed E-state index contributed by atoms with van der Waals surface area (Å²) in [6.07, 6.45) is 0.531. The lowest BCUT2D eigenvalue weighted by molar-refractivity contribution is -0.137. The minimum absolute atomic E-state index is 0.0381. The highest BCUT2D eigenvalue weighted by molar-refractivity contribution is 6.08. The zero-order valence-electron chi connectivity index (χ0n) is 12.8. The first-order chi connectivity index (χ1) is 11.9. The van der Waals surface area contributed by atoms with Gasteiger partial charge in [0.25, 0.3) is 5.91 Å². The molecular weight excluding hydrogens is 335 g/mol. The Labute approximate surface area is 139 Å². The molecule has 1 aliphatic rings. The van der Waals surface area contributed by atoms with E-state index in [1.807, 2.05) is 0 Å². The zero-order valence-corrected chi connectivity index (χ0v) is 12.8. The number of hydrogen-bond acceptors (Lipinski definition) is 4. The Kier molecular flexibility index (Phi) is 3.45. The Bertz CT molecular complexity index is 962. The molecule has 3 aromatic heterocycles. The SMILES string of the molecule is O=C(Nc1ccc(C(F)(F)F)cn1)c1cc2c(n3cnnc13)CCC2. The first kappa shape index (κ1) is 15.6. The van der Waals surface area contributed by atoms with Crippen LogP contribution in [0.15, 0.2) is 30.7 Å². The quantitative estimate of drug-likeness (QED) is 0.774. The van der Waals surface area contributed by atoms with Crippen LogP contribution < -0.4 is 5.32 Å². The number of fused-ring (bicyclic) bond motifs is 3. The van der Waals surface area contributed by atoms with Gasteiger partial charge in [0.2, 0.25) is 0 Å². The second kappa shape index (κ2) is 5.54. The number of aromatic nitrogens is 4. The number of nitrogens with zero attached hydrogens (tertiary/aromatic N) is 4. The Hall–Kier alpha value is -2.97. The lowest BCUT2D eigenvalue weighted by Crippen LogP contribution is -2.16. The first-order valence-electron chi connectivity index (χ1n) is 7.62. The average molecular weight is 347 g/mol. The highest BCUT2D eigenvalue weighted by Gasteiger charge is 2.30. The van der Waals surface area contributed by atoms with E-state index in [-0.39, 0.29) is 5.82 Å². The van der Waals surface area contributed by atoms with Crippen LogP contribution in [0, 0.1) is 0 Å². The maximum absolute atomic E-state index is 12.6. The molecule has 0 unspecified atom stereocenters. The number of carbonyl (C=O) groups excluding carboxylic acids is 1. The summed E-state index contributed by atoms with van der Waals surface area (Å²) in [5.74, 6) is -0.448. The predicted octanol–water partition coefficient (Wildman–Crippen LogP) is 2.88. The van der Waals surface area contributed by atoms with Crippen molar-refractivity contribution in [2.45, 2.75) is 25.4 Å². The molecule has 0 aliphatic heterocycles. The summed E-state index contributed by atoms with van der Waals surface area (Å²) < 4.78 is 39.5. The fourth-order valence-corrected chi connectivity index (χ4v) is 3.02. The third kappa shape index (κ3) is 2.71. The summed E-state index contributed by atoms with van der Waals surface area (Å²) in [5, 5.41) is 10.4. The molecule has 128 valence electrons. The summed E-state index contributed by atoms with van der Waals surface area (Å²) in [6, 6.07) is 3.76. The standard InChI is InChI=1S/C16H12F3N5O/c17-16(18,19)10-4-5-13(20-7-10)22-15(25)11-6-9-2-1-3-12(9)24-8-21-23-14(11)24/h4-8H,1-3H2,(H,20,22,25). The van der Waals surface area contributed by atoms with E-state index in [9.17, 15) is 18.0 Å². The van der Waals surface area contributed by atoms with Gasteiger partial charge in [0.1, 0.15) is 12.1 Å². The van der Waals surface area contributed by atoms with Crippen molar-refractivity contribution >= 4 is 17.4 Å². The number of halogens is 3. The lowest BCUT2D eigenvalue weighted by Gasteiger charge is -2.10. The van der Waals surface area contributed by atoms with Crippen molar-refractivity contribution in [3.05, 3.63) is 53.1 Å². The Morgan fingerprint density at radius 2 is 2.08 bits per heavy atom. The monoisotopic (exact) mass is 347 g/mol. The topological polar surface area (TPSA) is 72.2 Å². The van der Waals surface area contributed by atoms with Gasteiger partial charge in [0.05, 0.1) is 11.1 Å². The van der Waals surface area contributed by atoms with Gasteiger partial charge in [-0.1, -0.05) is 0 Å². The lowest BCUT2D eigenvalue weighted by atomic mass is 10.1. The normalized spacial score (nSPS) is 13.9. The van der Waals surface area contributed by atoms with Crippen molar-refractivity contribution in [3.63, 3.8) is 0 Å². The smallest absolute Gasteiger partial charge is 0.306 e. The Balaban J connectivity index is 1.65. The summed E-state index contributed by atoms with van der Waals surface area (Å²) in [7, 11) is 0. The summed E-state index contributed by atoms with van der Waals surface area (Å²) in [5.41, 5.74) is 2.01. The molecule has 0 atom stereocenters. The van der Waals surface area contributed by atoms with E-state index in [4.69, 9.17) is 0 Å². The summed E-state index contributed by atoms with van der Waals surface area (Å²) >= 11 is 0. The number of hydrogen-bond donors (Lipinski definition) is 1. The predicted molar refractivity (Wildman–Crippen MR) is 82.2 cm³/mol. The van der Waals surface area contributed by atoms with E-state index >= 15 is 0 Å². The number of carbonyl (C=O) groups is 1. The van der Waals surface area contributed by atoms with Crippen LogP contribution in [0.4, 0.5) is 19.0 Å². The second-order valence-corrected chi connectivity index (χ2v) is 5.79. The number of nitrogens with one attached hydrogen (secondary N) is 1. The van der Waals surface area contributed by atoms with Crippen LogP contribution in [0.1, 0.15) is 33.6 Å². The molecule has 1 N–H and O–H groups in total. The molecule has 0 aromatic carbocycles. The fourth-order valence-electron chi connectivity index (χ4n) is 3.02. The van der Waals surface area contributed by atoms with Gasteiger partial charge in [-0.05, 0) is 43.0 Å². The minimum Gasteiger partial charge on any atom is -0.306 e. The first-order valence-corrected chi connectivity index (χ1v) is 7.62. The summed E-state index contributed by atoms with van der Waals surface area (Å²) in [4.78, 5) is 16.2. The number of amides is 1. The molecule has 1 amide bonds. The Morgan fingerprint density at radius 3 is 2.80 bits per heavy atom. The van der Waals surface area contributed by atoms with Crippen molar-refractivity contribution in [2.24, 2.45) is 0 Å². The van der Waals surface area contributed by atoms with Gasteiger partial charge in [0.15, 0.2) is 5.65 Å². The van der Waals surface area contributed by atoms with Crippen LogP contribution in [0.5, 0.6) is 0 Å². The number of rotatable bonds is 2. The van der Waals surface area contributed by atoms with Crippen LogP contribution >= 0.6 is 0 Å². The third-order valence-electron chi connectivity index (χ3n) is 4.21. The molecule has 0 fully saturated rings. The maximum atomic E-state index is 12.6. The molecule has 1 aliphatic carbocycles. The molecule has 0 saturated carbocycles. The number of pyridine rings is 2. The van der Waals surface area contributed by atoms with Crippen LogP contribution in [-0.2, 0) is 19.0 Å². The van der Waals surface area contributed by atoms with E-state index in [0.717, 1.165) is 42.7 Å². The molecule has 4 rings (SSSR count). The molecular formula is C16H12F3N5O. The summed E-state index contributed by atoms with van der Waals surface area (Å²) in [6.45, 7) is 0. The van der Waals surface area contributed by atoms with Gasteiger partial charge in [-0.25, -0.2) is 4.98 Å². The van der Waals surface area contributed by atoms with Crippen molar-refractivity contribution in [3.8, 4) is 0 Å². The zero-order chi connectivity index (χ0) is 17.6. The number of anilines is 1. The van der Waals surface area contributed by atoms with Crippen molar-refractivity contribution in [1.82, 2.24) is 19.6 Å². The van der Waals surface area contributed by atoms with Crippen LogP contribution in [0.3, 0.4) is 0 Å². The van der Waals surface area contributed by atoms with Gasteiger partial charge >= 0.3 is 6.18 Å². The van der Waals surface area contributed by atoms with Crippen LogP contribution in [0.2, 0.25) is 0 Å². The van der Waals surface area contributed by atoms with Crippen molar-refractivity contribution < 1.29 is 18.0 Å². The average Bonchev–Trinajstić information content (AvgIpc) is 3.22. The maximum Gasteiger partial charge on any atom is 0.417 e. The molecule has 25 heavy (non-hydrogen) atoms. The highest BCUT2D eigenvalue weighted by atomic mass is 19.4. The van der Waals surface area contributed by atoms with E-state index < -0.39 is 17.6 Å². The third-order valence-corrected chi connectivity index (χ3v) is 4.21. The molecule has 3 aromatic rings. The van der Waals surface area contributed by atoms with Gasteiger partial charge in [-0.3, -0.25) is 9.20 Å². The number of aryl methyl sites for hydroxylation is 2. The largest absolute Gasteiger partial charge is 0.417 e. The molecule has 0 spiro atoms. The molecule has 0 bridgehead atoms. The van der Waals surface area contributed by atoms with E-state index in [1.165, 1.54) is 0 Å². The van der Waals surface area contributed by atoms with Gasteiger partial charge in [-0.2, -0.15) is 13.2 Å². The van der Waals surface area contributed by atoms with E-state index in [0.29, 0.717) is 17.4 Å². The molecule has 6 nitrogen and oxygen atoms in total. The van der Waals surface area contributed by atoms with Gasteiger partial charge in [-0.15, -0.1) is 10.2 Å².